The summed E-state index contributed by atoms with van der Waals surface area (Å²) in [6, 6.07) is 7.02. The molecule has 0 bridgehead atoms. The summed E-state index contributed by atoms with van der Waals surface area (Å²) in [6.07, 6.45) is 2.38. The zero-order valence-corrected chi connectivity index (χ0v) is 19.2. The average molecular weight is 459 g/mol. The summed E-state index contributed by atoms with van der Waals surface area (Å²) in [5, 5.41) is 0. The Labute approximate surface area is 186 Å². The number of aromatic amines is 1. The number of nitrogens with one attached hydrogen (secondary N) is 2. The minimum atomic E-state index is -4.00. The summed E-state index contributed by atoms with van der Waals surface area (Å²) in [4.78, 5) is 35.3. The number of benzene rings is 1. The van der Waals surface area contributed by atoms with Gasteiger partial charge < -0.3 is 9.72 Å². The van der Waals surface area contributed by atoms with E-state index in [4.69, 9.17) is 0 Å². The zero-order valence-electron chi connectivity index (χ0n) is 18.4. The van der Waals surface area contributed by atoms with Crippen molar-refractivity contribution in [1.82, 2.24) is 19.7 Å². The maximum atomic E-state index is 12.8. The second kappa shape index (κ2) is 9.58. The van der Waals surface area contributed by atoms with Crippen molar-refractivity contribution in [2.24, 2.45) is 5.92 Å². The lowest BCUT2D eigenvalue weighted by atomic mass is 10.1. The molecule has 3 rings (SSSR count). The summed E-state index contributed by atoms with van der Waals surface area (Å²) in [5.41, 5.74) is 3.32. The highest BCUT2D eigenvalue weighted by Gasteiger charge is 2.28. The lowest BCUT2D eigenvalue weighted by Gasteiger charge is -2.18. The predicted octanol–water partition coefficient (Wildman–Crippen LogP) is 2.64. The number of pyridine rings is 1. The summed E-state index contributed by atoms with van der Waals surface area (Å²) in [6.45, 7) is 6.64. The normalized spacial score (nSPS) is 12.8. The van der Waals surface area contributed by atoms with Crippen LogP contribution in [0.15, 0.2) is 41.4 Å². The van der Waals surface area contributed by atoms with Gasteiger partial charge in [-0.3, -0.25) is 9.78 Å². The van der Waals surface area contributed by atoms with Crippen molar-refractivity contribution in [3.63, 3.8) is 0 Å². The van der Waals surface area contributed by atoms with E-state index < -0.39 is 28.0 Å². The van der Waals surface area contributed by atoms with E-state index in [9.17, 15) is 18.0 Å². The summed E-state index contributed by atoms with van der Waals surface area (Å²) >= 11 is 0. The number of carbonyl (C=O) groups is 2. The highest BCUT2D eigenvalue weighted by atomic mass is 32.2. The van der Waals surface area contributed by atoms with E-state index in [1.54, 1.807) is 18.3 Å². The van der Waals surface area contributed by atoms with E-state index in [0.717, 1.165) is 35.0 Å². The van der Waals surface area contributed by atoms with Crippen molar-refractivity contribution in [2.75, 3.05) is 0 Å². The molecular weight excluding hydrogens is 432 g/mol. The highest BCUT2D eigenvalue weighted by molar-refractivity contribution is 7.89. The first-order chi connectivity index (χ1) is 15.0. The van der Waals surface area contributed by atoms with E-state index in [-0.39, 0.29) is 17.2 Å². The van der Waals surface area contributed by atoms with Gasteiger partial charge in [-0.1, -0.05) is 26.0 Å². The van der Waals surface area contributed by atoms with Gasteiger partial charge in [0.05, 0.1) is 16.1 Å². The molecular formula is C22H26N4O5S. The van der Waals surface area contributed by atoms with Crippen LogP contribution in [0.5, 0.6) is 0 Å². The number of hydrogen-bond donors (Lipinski definition) is 2. The third-order valence-corrected chi connectivity index (χ3v) is 6.22. The second-order valence-corrected chi connectivity index (χ2v) is 9.73. The van der Waals surface area contributed by atoms with Gasteiger partial charge in [-0.25, -0.2) is 18.2 Å². The maximum absolute atomic E-state index is 12.8. The van der Waals surface area contributed by atoms with Crippen molar-refractivity contribution in [3.8, 4) is 0 Å². The first-order valence-electron chi connectivity index (χ1n) is 10.2. The van der Waals surface area contributed by atoms with Crippen molar-refractivity contribution in [3.05, 3.63) is 53.6 Å². The molecule has 0 amide bonds. The van der Waals surface area contributed by atoms with Crippen LogP contribution in [0.3, 0.4) is 0 Å². The molecule has 0 saturated heterocycles. The van der Waals surface area contributed by atoms with E-state index in [1.807, 2.05) is 26.8 Å². The Morgan fingerprint density at radius 3 is 2.47 bits per heavy atom. The SMILES string of the molecule is CC(=O)OC(=O)[C@H](CC(C)C)NS(=O)(=O)c1ccc(Cc2nccc3[nH]c(C)nc23)cc1. The smallest absolute Gasteiger partial charge is 0.331 e. The lowest BCUT2D eigenvalue weighted by molar-refractivity contribution is -0.159. The minimum absolute atomic E-state index is 0.00507. The molecule has 2 heterocycles. The molecule has 0 aliphatic rings. The van der Waals surface area contributed by atoms with Crippen molar-refractivity contribution < 1.29 is 22.7 Å². The highest BCUT2D eigenvalue weighted by Crippen LogP contribution is 2.19. The predicted molar refractivity (Wildman–Crippen MR) is 118 cm³/mol. The first kappa shape index (κ1) is 23.6. The Balaban J connectivity index is 1.78. The van der Waals surface area contributed by atoms with Crippen LogP contribution in [0, 0.1) is 12.8 Å². The molecule has 0 unspecified atom stereocenters. The van der Waals surface area contributed by atoms with Crippen LogP contribution in [-0.4, -0.2) is 41.4 Å². The molecule has 0 saturated carbocycles. The van der Waals surface area contributed by atoms with E-state index in [0.29, 0.717) is 6.42 Å². The van der Waals surface area contributed by atoms with Crippen molar-refractivity contribution >= 4 is 33.0 Å². The third kappa shape index (κ3) is 5.77. The second-order valence-electron chi connectivity index (χ2n) is 8.01. The fourth-order valence-electron chi connectivity index (χ4n) is 3.35. The number of hydrogen-bond acceptors (Lipinski definition) is 7. The van der Waals surface area contributed by atoms with Crippen LogP contribution in [0.2, 0.25) is 0 Å². The molecule has 3 aromatic rings. The Kier molecular flexibility index (Phi) is 7.05. The van der Waals surface area contributed by atoms with Crippen LogP contribution >= 0.6 is 0 Å². The number of esters is 2. The van der Waals surface area contributed by atoms with Crippen LogP contribution < -0.4 is 4.72 Å². The van der Waals surface area contributed by atoms with Gasteiger partial charge in [0.2, 0.25) is 10.0 Å². The number of nitrogens with zero attached hydrogens (tertiary/aromatic N) is 2. The number of aromatic nitrogens is 3. The Hall–Kier alpha value is -3.11. The molecule has 0 spiro atoms. The molecule has 10 heteroatoms. The molecule has 2 N–H and O–H groups in total. The van der Waals surface area contributed by atoms with Crippen LogP contribution in [0.25, 0.3) is 11.0 Å². The first-order valence-corrected chi connectivity index (χ1v) is 11.7. The fourth-order valence-corrected chi connectivity index (χ4v) is 4.55. The number of aryl methyl sites for hydroxylation is 1. The van der Waals surface area contributed by atoms with E-state index >= 15 is 0 Å². The summed E-state index contributed by atoms with van der Waals surface area (Å²) in [5.74, 6) is -0.908. The molecule has 0 aliphatic carbocycles. The third-order valence-electron chi connectivity index (χ3n) is 4.73. The molecule has 170 valence electrons. The molecule has 2 aromatic heterocycles. The quantitative estimate of drug-likeness (QED) is 0.392. The van der Waals surface area contributed by atoms with Gasteiger partial charge in [-0.05, 0) is 43.0 Å². The largest absolute Gasteiger partial charge is 0.392 e. The van der Waals surface area contributed by atoms with E-state index in [2.05, 4.69) is 24.4 Å². The number of rotatable bonds is 8. The topological polar surface area (TPSA) is 131 Å². The maximum Gasteiger partial charge on any atom is 0.331 e. The van der Waals surface area contributed by atoms with Crippen LogP contribution in [0.1, 0.15) is 44.3 Å². The molecule has 32 heavy (non-hydrogen) atoms. The molecule has 0 aliphatic heterocycles. The Bertz CT molecular complexity index is 1230. The monoisotopic (exact) mass is 458 g/mol. The average Bonchev–Trinajstić information content (AvgIpc) is 3.08. The van der Waals surface area contributed by atoms with Crippen LogP contribution in [-0.2, 0) is 30.8 Å². The zero-order chi connectivity index (χ0) is 23.5. The number of carbonyl (C=O) groups excluding carboxylic acids is 2. The van der Waals surface area contributed by atoms with Gasteiger partial charge in [-0.2, -0.15) is 4.72 Å². The fraction of sp³-hybridized carbons (Fsp3) is 0.364. The summed E-state index contributed by atoms with van der Waals surface area (Å²) < 4.78 is 32.6. The van der Waals surface area contributed by atoms with Gasteiger partial charge in [0, 0.05) is 19.5 Å². The van der Waals surface area contributed by atoms with Crippen LogP contribution in [0.4, 0.5) is 0 Å². The number of imidazole rings is 1. The molecule has 0 radical (unpaired) electrons. The van der Waals surface area contributed by atoms with E-state index in [1.165, 1.54) is 12.1 Å². The Morgan fingerprint density at radius 1 is 1.16 bits per heavy atom. The summed E-state index contributed by atoms with van der Waals surface area (Å²) in [7, 11) is -4.00. The van der Waals surface area contributed by atoms with Crippen molar-refractivity contribution in [1.29, 1.82) is 0 Å². The molecule has 0 fully saturated rings. The van der Waals surface area contributed by atoms with Gasteiger partial charge in [0.15, 0.2) is 0 Å². The number of fused-ring (bicyclic) bond motifs is 1. The standard InChI is InChI=1S/C22H26N4O5S/c1-13(2)11-20(22(28)31-15(4)27)26-32(29,30)17-7-5-16(6-8-17)12-19-21-18(9-10-23-19)24-14(3)25-21/h5-10,13,20,26H,11-12H2,1-4H3,(H,24,25)/t20-/m0/s1. The minimum Gasteiger partial charge on any atom is -0.392 e. The lowest BCUT2D eigenvalue weighted by Crippen LogP contribution is -2.43. The molecule has 1 aromatic carbocycles. The van der Waals surface area contributed by atoms with Gasteiger partial charge >= 0.3 is 11.9 Å². The van der Waals surface area contributed by atoms with Gasteiger partial charge in [-0.15, -0.1) is 0 Å². The molecule has 1 atom stereocenters. The Morgan fingerprint density at radius 2 is 1.84 bits per heavy atom. The number of sulfonamides is 1. The number of H-pyrrole nitrogens is 1. The number of ether oxygens (including phenoxy) is 1. The van der Waals surface area contributed by atoms with Crippen molar-refractivity contribution in [2.45, 2.75) is 51.5 Å². The van der Waals surface area contributed by atoms with Gasteiger partial charge in [0.1, 0.15) is 17.4 Å². The molecule has 9 nitrogen and oxygen atoms in total. The van der Waals surface area contributed by atoms with Gasteiger partial charge in [0.25, 0.3) is 0 Å².